The number of hydrogen-bond donors (Lipinski definition) is 1. The smallest absolute Gasteiger partial charge is 0.137 e. The average molecular weight is 304 g/mol. The van der Waals surface area contributed by atoms with Crippen LogP contribution in [0.5, 0.6) is 0 Å². The zero-order chi connectivity index (χ0) is 16.0. The molecule has 116 valence electrons. The molecule has 2 aliphatic rings. The Bertz CT molecular complexity index is 921. The van der Waals surface area contributed by atoms with Crippen LogP contribution in [0.2, 0.25) is 0 Å². The first-order valence-corrected chi connectivity index (χ1v) is 8.25. The Balaban J connectivity index is 2.08. The van der Waals surface area contributed by atoms with Crippen LogP contribution in [0.1, 0.15) is 36.8 Å². The van der Waals surface area contributed by atoms with Crippen LogP contribution in [-0.4, -0.2) is 17.5 Å². The first-order valence-electron chi connectivity index (χ1n) is 8.25. The maximum atomic E-state index is 12.0. The van der Waals surface area contributed by atoms with E-state index in [2.05, 4.69) is 42.5 Å². The normalized spacial score (nSPS) is 18.5. The maximum Gasteiger partial charge on any atom is 0.137 e. The van der Waals surface area contributed by atoms with Crippen molar-refractivity contribution < 1.29 is 9.90 Å². The molecule has 0 saturated heterocycles. The molecule has 4 rings (SSSR count). The van der Waals surface area contributed by atoms with Crippen molar-refractivity contribution in [1.82, 2.24) is 0 Å². The second-order valence-electron chi connectivity index (χ2n) is 6.52. The van der Waals surface area contributed by atoms with E-state index in [-0.39, 0.29) is 18.3 Å². The summed E-state index contributed by atoms with van der Waals surface area (Å²) >= 11 is 0. The molecule has 1 unspecified atom stereocenters. The van der Waals surface area contributed by atoms with Gasteiger partial charge < -0.3 is 5.11 Å². The van der Waals surface area contributed by atoms with Gasteiger partial charge in [0.05, 0.1) is 6.61 Å². The third-order valence-corrected chi connectivity index (χ3v) is 5.26. The number of Topliss-reactive ketones (excluding diaryl/α,β-unsaturated/α-hetero) is 1. The first kappa shape index (κ1) is 14.4. The minimum atomic E-state index is -0.0313. The molecule has 2 heteroatoms. The molecule has 0 aliphatic heterocycles. The van der Waals surface area contributed by atoms with Crippen LogP contribution in [0.25, 0.3) is 22.8 Å². The van der Waals surface area contributed by atoms with Gasteiger partial charge in [0.1, 0.15) is 5.78 Å². The highest BCUT2D eigenvalue weighted by Gasteiger charge is 2.25. The number of ketones is 1. The van der Waals surface area contributed by atoms with Crippen LogP contribution in [0.15, 0.2) is 36.4 Å². The fourth-order valence-corrected chi connectivity index (χ4v) is 4.12. The van der Waals surface area contributed by atoms with E-state index in [4.69, 9.17) is 0 Å². The molecule has 0 spiro atoms. The summed E-state index contributed by atoms with van der Waals surface area (Å²) < 4.78 is 0. The molecule has 2 aromatic carbocycles. The zero-order valence-corrected chi connectivity index (χ0v) is 13.3. The Morgan fingerprint density at radius 2 is 2.00 bits per heavy atom. The van der Waals surface area contributed by atoms with E-state index in [1.54, 1.807) is 6.92 Å². The molecule has 1 atom stereocenters. The number of carbonyl (C=O) groups excluding carboxylic acids is 1. The second-order valence-corrected chi connectivity index (χ2v) is 6.52. The van der Waals surface area contributed by atoms with Gasteiger partial charge in [-0.15, -0.1) is 0 Å². The summed E-state index contributed by atoms with van der Waals surface area (Å²) in [4.78, 5) is 12.0. The summed E-state index contributed by atoms with van der Waals surface area (Å²) in [7, 11) is 0. The van der Waals surface area contributed by atoms with Gasteiger partial charge in [0, 0.05) is 5.92 Å². The summed E-state index contributed by atoms with van der Waals surface area (Å²) in [6.45, 7) is 1.75. The quantitative estimate of drug-likeness (QED) is 0.924. The number of aliphatic hydroxyl groups is 1. The fourth-order valence-electron chi connectivity index (χ4n) is 4.12. The minimum absolute atomic E-state index is 0.0313. The van der Waals surface area contributed by atoms with Crippen LogP contribution in [0, 0.1) is 0 Å². The van der Waals surface area contributed by atoms with Crippen molar-refractivity contribution >= 4 is 17.4 Å². The molecular weight excluding hydrogens is 284 g/mol. The van der Waals surface area contributed by atoms with E-state index < -0.39 is 0 Å². The predicted molar refractivity (Wildman–Crippen MR) is 92.4 cm³/mol. The average Bonchev–Trinajstić information content (AvgIpc) is 2.59. The number of fused-ring (bicyclic) bond motifs is 5. The molecule has 0 radical (unpaired) electrons. The first-order chi connectivity index (χ1) is 11.2. The number of hydrogen-bond acceptors (Lipinski definition) is 2. The Morgan fingerprint density at radius 1 is 1.17 bits per heavy atom. The van der Waals surface area contributed by atoms with Crippen molar-refractivity contribution in [3.63, 3.8) is 0 Å². The molecular formula is C21H20O2. The highest BCUT2D eigenvalue weighted by Crippen LogP contribution is 2.29. The molecule has 0 amide bonds. The summed E-state index contributed by atoms with van der Waals surface area (Å²) in [5, 5.41) is 12.2. The van der Waals surface area contributed by atoms with Crippen molar-refractivity contribution in [1.29, 1.82) is 0 Å². The molecule has 1 N–H and O–H groups in total. The number of benzene rings is 2. The van der Waals surface area contributed by atoms with E-state index >= 15 is 0 Å². The molecule has 0 bridgehead atoms. The largest absolute Gasteiger partial charge is 0.392 e. The predicted octanol–water partition coefficient (Wildman–Crippen LogP) is 2.30. The highest BCUT2D eigenvalue weighted by molar-refractivity contribution is 5.85. The summed E-state index contributed by atoms with van der Waals surface area (Å²) in [5.41, 5.74) is 6.01. The van der Waals surface area contributed by atoms with Gasteiger partial charge in [0.25, 0.3) is 0 Å². The van der Waals surface area contributed by atoms with E-state index in [1.807, 2.05) is 0 Å². The monoisotopic (exact) mass is 304 g/mol. The molecule has 2 aliphatic carbocycles. The lowest BCUT2D eigenvalue weighted by Crippen LogP contribution is -2.39. The topological polar surface area (TPSA) is 37.3 Å². The third kappa shape index (κ3) is 2.17. The van der Waals surface area contributed by atoms with Crippen molar-refractivity contribution in [2.24, 2.45) is 0 Å². The van der Waals surface area contributed by atoms with E-state index in [0.717, 1.165) is 35.6 Å². The molecule has 2 aromatic rings. The number of aliphatic hydroxyl groups excluding tert-OH is 1. The number of rotatable bonds is 2. The van der Waals surface area contributed by atoms with Crippen LogP contribution < -0.4 is 10.4 Å². The molecule has 0 fully saturated rings. The summed E-state index contributed by atoms with van der Waals surface area (Å²) in [6, 6.07) is 12.7. The van der Waals surface area contributed by atoms with Crippen LogP contribution in [0.3, 0.4) is 0 Å². The molecule has 0 aromatic heterocycles. The van der Waals surface area contributed by atoms with Crippen LogP contribution in [0.4, 0.5) is 0 Å². The molecule has 0 saturated carbocycles. The van der Waals surface area contributed by atoms with E-state index in [1.165, 1.54) is 21.9 Å². The second kappa shape index (κ2) is 5.47. The minimum Gasteiger partial charge on any atom is -0.392 e. The lowest BCUT2D eigenvalue weighted by molar-refractivity contribution is -0.118. The standard InChI is InChI=1S/C21H20O2/c1-13(23)16-8-7-15(12-22)21-19(16)11-10-18-17-5-3-2-4-14(17)6-9-20(18)21/h2-5,9-11,16,22H,6-8,12H2,1H3. The zero-order valence-electron chi connectivity index (χ0n) is 13.3. The number of carbonyl (C=O) groups is 1. The van der Waals surface area contributed by atoms with Gasteiger partial charge in [0.15, 0.2) is 0 Å². The molecule has 2 nitrogen and oxygen atoms in total. The lowest BCUT2D eigenvalue weighted by atomic mass is 9.79. The fraction of sp³-hybridized carbons (Fsp3) is 0.286. The van der Waals surface area contributed by atoms with E-state index in [9.17, 15) is 9.90 Å². The van der Waals surface area contributed by atoms with Gasteiger partial charge in [0.2, 0.25) is 0 Å². The maximum absolute atomic E-state index is 12.0. The van der Waals surface area contributed by atoms with Crippen molar-refractivity contribution in [2.75, 3.05) is 6.61 Å². The SMILES string of the molecule is CC(=O)C1CCC(CO)=c2c1ccc1c2=CCc2ccccc2-1. The van der Waals surface area contributed by atoms with Gasteiger partial charge in [-0.1, -0.05) is 42.5 Å². The van der Waals surface area contributed by atoms with Gasteiger partial charge in [-0.25, -0.2) is 0 Å². The van der Waals surface area contributed by atoms with Crippen molar-refractivity contribution in [3.05, 3.63) is 58.0 Å². The molecule has 23 heavy (non-hydrogen) atoms. The third-order valence-electron chi connectivity index (χ3n) is 5.26. The Hall–Kier alpha value is -2.19. The molecule has 0 heterocycles. The van der Waals surface area contributed by atoms with Gasteiger partial charge >= 0.3 is 0 Å². The Morgan fingerprint density at radius 3 is 2.78 bits per heavy atom. The van der Waals surface area contributed by atoms with Crippen molar-refractivity contribution in [2.45, 2.75) is 32.1 Å². The summed E-state index contributed by atoms with van der Waals surface area (Å²) in [5.74, 6) is 0.190. The summed E-state index contributed by atoms with van der Waals surface area (Å²) in [6.07, 6.45) is 4.78. The van der Waals surface area contributed by atoms with Gasteiger partial charge in [-0.05, 0) is 64.5 Å². The lowest BCUT2D eigenvalue weighted by Gasteiger charge is -2.25. The van der Waals surface area contributed by atoms with E-state index in [0.29, 0.717) is 0 Å². The van der Waals surface area contributed by atoms with Gasteiger partial charge in [-0.2, -0.15) is 0 Å². The van der Waals surface area contributed by atoms with Crippen LogP contribution >= 0.6 is 0 Å². The van der Waals surface area contributed by atoms with Gasteiger partial charge in [-0.3, -0.25) is 4.79 Å². The highest BCUT2D eigenvalue weighted by atomic mass is 16.3. The van der Waals surface area contributed by atoms with Crippen molar-refractivity contribution in [3.8, 4) is 11.1 Å². The van der Waals surface area contributed by atoms with Crippen LogP contribution in [-0.2, 0) is 11.2 Å². The Kier molecular flexibility index (Phi) is 3.42. The Labute approximate surface area is 135 Å².